The fraction of sp³-hybridized carbons (Fsp3) is 0.583. The highest BCUT2D eigenvalue weighted by atomic mass is 19.1. The molecule has 0 radical (unpaired) electrons. The molecule has 1 fully saturated rings. The standard InChI is InChI=1S/C12H16FNO/c1-8(2)9-5-12(15,6-9)10-3-4-14-7-11(10)13/h3-4,7-9,15H,5-6H2,1-2H3. The zero-order valence-electron chi connectivity index (χ0n) is 9.07. The molecule has 2 rings (SSSR count). The van der Waals surface area contributed by atoms with Crippen LogP contribution in [0, 0.1) is 17.7 Å². The molecule has 1 aromatic rings. The number of hydrogen-bond acceptors (Lipinski definition) is 2. The van der Waals surface area contributed by atoms with E-state index in [1.54, 1.807) is 6.07 Å². The van der Waals surface area contributed by atoms with Crippen LogP contribution < -0.4 is 0 Å². The molecule has 2 nitrogen and oxygen atoms in total. The van der Waals surface area contributed by atoms with E-state index in [0.717, 1.165) is 6.20 Å². The normalized spacial score (nSPS) is 30.3. The number of halogens is 1. The van der Waals surface area contributed by atoms with Crippen molar-refractivity contribution in [3.63, 3.8) is 0 Å². The van der Waals surface area contributed by atoms with Crippen LogP contribution in [0.4, 0.5) is 4.39 Å². The predicted octanol–water partition coefficient (Wildman–Crippen LogP) is 2.47. The highest BCUT2D eigenvalue weighted by Crippen LogP contribution is 2.49. The quantitative estimate of drug-likeness (QED) is 0.811. The van der Waals surface area contributed by atoms with Crippen molar-refractivity contribution in [2.45, 2.75) is 32.3 Å². The molecule has 0 amide bonds. The first kappa shape index (κ1) is 10.6. The fourth-order valence-electron chi connectivity index (χ4n) is 2.25. The zero-order chi connectivity index (χ0) is 11.1. The van der Waals surface area contributed by atoms with E-state index in [1.807, 2.05) is 0 Å². The molecule has 1 N–H and O–H groups in total. The van der Waals surface area contributed by atoms with Gasteiger partial charge in [0.05, 0.1) is 11.8 Å². The van der Waals surface area contributed by atoms with Crippen LogP contribution in [0.25, 0.3) is 0 Å². The second-order valence-electron chi connectivity index (χ2n) is 4.80. The number of hydrogen-bond donors (Lipinski definition) is 1. The average molecular weight is 209 g/mol. The summed E-state index contributed by atoms with van der Waals surface area (Å²) in [4.78, 5) is 3.68. The molecule has 15 heavy (non-hydrogen) atoms. The zero-order valence-corrected chi connectivity index (χ0v) is 9.07. The number of pyridine rings is 1. The molecule has 1 aliphatic carbocycles. The Morgan fingerprint density at radius 3 is 2.73 bits per heavy atom. The van der Waals surface area contributed by atoms with Gasteiger partial charge in [-0.05, 0) is 30.7 Å². The lowest BCUT2D eigenvalue weighted by molar-refractivity contribution is -0.0956. The summed E-state index contributed by atoms with van der Waals surface area (Å²) in [5, 5.41) is 10.2. The topological polar surface area (TPSA) is 33.1 Å². The highest BCUT2D eigenvalue weighted by Gasteiger charge is 2.46. The number of aliphatic hydroxyl groups is 1. The summed E-state index contributed by atoms with van der Waals surface area (Å²) in [6.45, 7) is 4.26. The maximum Gasteiger partial charge on any atom is 0.147 e. The van der Waals surface area contributed by atoms with Gasteiger partial charge in [0.15, 0.2) is 0 Å². The van der Waals surface area contributed by atoms with Crippen LogP contribution >= 0.6 is 0 Å². The van der Waals surface area contributed by atoms with Crippen LogP contribution in [0.1, 0.15) is 32.3 Å². The second kappa shape index (κ2) is 3.56. The highest BCUT2D eigenvalue weighted by molar-refractivity contribution is 5.24. The van der Waals surface area contributed by atoms with Crippen LogP contribution in [-0.4, -0.2) is 10.1 Å². The van der Waals surface area contributed by atoms with Gasteiger partial charge in [-0.15, -0.1) is 0 Å². The van der Waals surface area contributed by atoms with Crippen molar-refractivity contribution in [3.05, 3.63) is 29.8 Å². The third-order valence-electron chi connectivity index (χ3n) is 3.42. The Kier molecular flexibility index (Phi) is 2.51. The van der Waals surface area contributed by atoms with Crippen LogP contribution in [0.2, 0.25) is 0 Å². The first-order chi connectivity index (χ1) is 7.03. The molecular formula is C12H16FNO. The minimum absolute atomic E-state index is 0.398. The lowest BCUT2D eigenvalue weighted by Gasteiger charge is -2.46. The van der Waals surface area contributed by atoms with Crippen LogP contribution in [0.5, 0.6) is 0 Å². The Labute approximate surface area is 89.2 Å². The lowest BCUT2D eigenvalue weighted by atomic mass is 9.63. The summed E-state index contributed by atoms with van der Waals surface area (Å²) in [6, 6.07) is 1.58. The molecule has 0 atom stereocenters. The van der Waals surface area contributed by atoms with Gasteiger partial charge in [-0.25, -0.2) is 4.39 Å². The SMILES string of the molecule is CC(C)C1CC(O)(c2ccncc2F)C1. The molecule has 3 heteroatoms. The molecule has 0 aliphatic heterocycles. The van der Waals surface area contributed by atoms with E-state index in [1.165, 1.54) is 6.20 Å². The largest absolute Gasteiger partial charge is 0.385 e. The van der Waals surface area contributed by atoms with E-state index in [9.17, 15) is 9.50 Å². The molecular weight excluding hydrogens is 193 g/mol. The Morgan fingerprint density at radius 1 is 1.53 bits per heavy atom. The molecule has 1 saturated carbocycles. The smallest absolute Gasteiger partial charge is 0.147 e. The number of rotatable bonds is 2. The number of aromatic nitrogens is 1. The van der Waals surface area contributed by atoms with Crippen molar-refractivity contribution in [2.24, 2.45) is 11.8 Å². The molecule has 1 aliphatic rings. The van der Waals surface area contributed by atoms with E-state index < -0.39 is 11.4 Å². The van der Waals surface area contributed by atoms with Gasteiger partial charge in [0, 0.05) is 11.8 Å². The molecule has 1 heterocycles. The summed E-state index contributed by atoms with van der Waals surface area (Å²) in [6.07, 6.45) is 4.01. The van der Waals surface area contributed by atoms with Gasteiger partial charge >= 0.3 is 0 Å². The summed E-state index contributed by atoms with van der Waals surface area (Å²) in [5.74, 6) is 0.653. The molecule has 0 spiro atoms. The fourth-order valence-corrected chi connectivity index (χ4v) is 2.25. The molecule has 0 unspecified atom stereocenters. The van der Waals surface area contributed by atoms with Gasteiger partial charge in [0.2, 0.25) is 0 Å². The Bertz CT molecular complexity index is 358. The number of nitrogens with zero attached hydrogens (tertiary/aromatic N) is 1. The van der Waals surface area contributed by atoms with Gasteiger partial charge < -0.3 is 5.11 Å². The third-order valence-corrected chi connectivity index (χ3v) is 3.42. The van der Waals surface area contributed by atoms with Crippen molar-refractivity contribution >= 4 is 0 Å². The van der Waals surface area contributed by atoms with E-state index in [-0.39, 0.29) is 0 Å². The summed E-state index contributed by atoms with van der Waals surface area (Å²) < 4.78 is 13.4. The first-order valence-electron chi connectivity index (χ1n) is 5.35. The van der Waals surface area contributed by atoms with Crippen molar-refractivity contribution in [1.29, 1.82) is 0 Å². The van der Waals surface area contributed by atoms with Crippen molar-refractivity contribution in [2.75, 3.05) is 0 Å². The van der Waals surface area contributed by atoms with E-state index >= 15 is 0 Å². The summed E-state index contributed by atoms with van der Waals surface area (Å²) >= 11 is 0. The van der Waals surface area contributed by atoms with Crippen LogP contribution in [0.15, 0.2) is 18.5 Å². The molecule has 82 valence electrons. The maximum absolute atomic E-state index is 13.4. The van der Waals surface area contributed by atoms with E-state index in [2.05, 4.69) is 18.8 Å². The molecule has 0 saturated heterocycles. The Hall–Kier alpha value is -0.960. The van der Waals surface area contributed by atoms with Gasteiger partial charge in [-0.1, -0.05) is 13.8 Å². The van der Waals surface area contributed by atoms with Gasteiger partial charge in [-0.3, -0.25) is 4.98 Å². The third kappa shape index (κ3) is 1.76. The second-order valence-corrected chi connectivity index (χ2v) is 4.80. The van der Waals surface area contributed by atoms with Crippen molar-refractivity contribution in [3.8, 4) is 0 Å². The summed E-state index contributed by atoms with van der Waals surface area (Å²) in [5.41, 5.74) is -0.559. The Balaban J connectivity index is 2.17. The van der Waals surface area contributed by atoms with Gasteiger partial charge in [0.1, 0.15) is 5.82 Å². The minimum Gasteiger partial charge on any atom is -0.385 e. The van der Waals surface area contributed by atoms with Crippen molar-refractivity contribution < 1.29 is 9.50 Å². The van der Waals surface area contributed by atoms with E-state index in [4.69, 9.17) is 0 Å². The van der Waals surface area contributed by atoms with Crippen LogP contribution in [-0.2, 0) is 5.60 Å². The average Bonchev–Trinajstić information content (AvgIpc) is 2.13. The first-order valence-corrected chi connectivity index (χ1v) is 5.35. The lowest BCUT2D eigenvalue weighted by Crippen LogP contribution is -2.43. The van der Waals surface area contributed by atoms with Gasteiger partial charge in [-0.2, -0.15) is 0 Å². The maximum atomic E-state index is 13.4. The molecule has 0 bridgehead atoms. The monoisotopic (exact) mass is 209 g/mol. The molecule has 0 aromatic carbocycles. The molecule has 1 aromatic heterocycles. The van der Waals surface area contributed by atoms with E-state index in [0.29, 0.717) is 30.2 Å². The van der Waals surface area contributed by atoms with Crippen molar-refractivity contribution in [1.82, 2.24) is 4.98 Å². The van der Waals surface area contributed by atoms with Gasteiger partial charge in [0.25, 0.3) is 0 Å². The predicted molar refractivity (Wildman–Crippen MR) is 55.7 cm³/mol. The Morgan fingerprint density at radius 2 is 2.20 bits per heavy atom. The minimum atomic E-state index is -0.956. The van der Waals surface area contributed by atoms with Crippen LogP contribution in [0.3, 0.4) is 0 Å². The summed E-state index contributed by atoms with van der Waals surface area (Å²) in [7, 11) is 0.